The molecule has 0 saturated carbocycles. The Morgan fingerprint density at radius 3 is 2.33 bits per heavy atom. The fraction of sp³-hybridized carbons (Fsp3) is 0.133. The smallest absolute Gasteiger partial charge is 0.269 e. The van der Waals surface area contributed by atoms with Gasteiger partial charge in [-0.25, -0.2) is 22.4 Å². The van der Waals surface area contributed by atoms with Crippen LogP contribution in [-0.4, -0.2) is 34.8 Å². The Kier molecular flexibility index (Phi) is 6.73. The van der Waals surface area contributed by atoms with E-state index in [1.54, 1.807) is 74.6 Å². The van der Waals surface area contributed by atoms with Crippen molar-refractivity contribution in [3.63, 3.8) is 0 Å². The third-order valence-electron chi connectivity index (χ3n) is 6.22. The summed E-state index contributed by atoms with van der Waals surface area (Å²) in [7, 11) is -3.95. The van der Waals surface area contributed by atoms with E-state index in [2.05, 4.69) is 21.4 Å². The summed E-state index contributed by atoms with van der Waals surface area (Å²) in [5.41, 5.74) is 2.14. The maximum Gasteiger partial charge on any atom is 0.269 e. The highest BCUT2D eigenvalue weighted by molar-refractivity contribution is 7.90. The Bertz CT molecular complexity index is 1820. The molecule has 0 bridgehead atoms. The predicted octanol–water partition coefficient (Wildman–Crippen LogP) is 5.28. The minimum Gasteiger partial charge on any atom is -0.349 e. The summed E-state index contributed by atoms with van der Waals surface area (Å²) < 4.78 is 28.8. The molecule has 0 saturated heterocycles. The third kappa shape index (κ3) is 5.15. The maximum atomic E-state index is 13.8. The van der Waals surface area contributed by atoms with Gasteiger partial charge in [0.05, 0.1) is 27.8 Å². The monoisotopic (exact) mass is 535 g/mol. The zero-order valence-electron chi connectivity index (χ0n) is 21.4. The molecule has 1 amide bonds. The van der Waals surface area contributed by atoms with Crippen molar-refractivity contribution >= 4 is 27.0 Å². The van der Waals surface area contributed by atoms with Crippen molar-refractivity contribution in [3.8, 4) is 28.6 Å². The lowest BCUT2D eigenvalue weighted by Gasteiger charge is -2.15. The molecule has 3 heterocycles. The fourth-order valence-electron chi connectivity index (χ4n) is 4.11. The lowest BCUT2D eigenvalue weighted by molar-refractivity contribution is 0.0939. The van der Waals surface area contributed by atoms with Crippen LogP contribution in [0.4, 0.5) is 0 Å². The zero-order chi connectivity index (χ0) is 27.6. The van der Waals surface area contributed by atoms with Crippen molar-refractivity contribution in [1.82, 2.24) is 19.3 Å². The van der Waals surface area contributed by atoms with Crippen molar-refractivity contribution in [2.75, 3.05) is 6.54 Å². The Balaban J connectivity index is 1.59. The molecule has 9 heteroatoms. The van der Waals surface area contributed by atoms with Crippen LogP contribution in [0.5, 0.6) is 0 Å². The van der Waals surface area contributed by atoms with Gasteiger partial charge in [-0.15, -0.1) is 0 Å². The molecular weight excluding hydrogens is 510 g/mol. The van der Waals surface area contributed by atoms with Gasteiger partial charge < -0.3 is 5.32 Å². The molecule has 39 heavy (non-hydrogen) atoms. The first-order valence-corrected chi connectivity index (χ1v) is 13.7. The van der Waals surface area contributed by atoms with Crippen molar-refractivity contribution in [2.24, 2.45) is 5.41 Å². The second kappa shape index (κ2) is 10.2. The van der Waals surface area contributed by atoms with Gasteiger partial charge in [-0.2, -0.15) is 5.26 Å². The van der Waals surface area contributed by atoms with Crippen LogP contribution in [0.1, 0.15) is 24.3 Å². The van der Waals surface area contributed by atoms with Crippen molar-refractivity contribution in [2.45, 2.75) is 18.7 Å². The van der Waals surface area contributed by atoms with Gasteiger partial charge in [-0.05, 0) is 55.8 Å². The molecule has 0 unspecified atom stereocenters. The topological polar surface area (TPSA) is 118 Å². The number of carbonyl (C=O) groups is 1. The fourth-order valence-corrected chi connectivity index (χ4v) is 5.62. The van der Waals surface area contributed by atoms with Gasteiger partial charge in [0.15, 0.2) is 5.65 Å². The highest BCUT2D eigenvalue weighted by Gasteiger charge is 2.25. The van der Waals surface area contributed by atoms with E-state index in [4.69, 9.17) is 0 Å². The summed E-state index contributed by atoms with van der Waals surface area (Å²) in [4.78, 5) is 21.9. The predicted molar refractivity (Wildman–Crippen MR) is 149 cm³/mol. The van der Waals surface area contributed by atoms with Gasteiger partial charge in [0, 0.05) is 23.7 Å². The molecule has 0 spiro atoms. The number of nitrogens with zero attached hydrogens (tertiary/aromatic N) is 4. The van der Waals surface area contributed by atoms with Crippen LogP contribution < -0.4 is 5.32 Å². The minimum atomic E-state index is -3.95. The van der Waals surface area contributed by atoms with Crippen molar-refractivity contribution < 1.29 is 13.2 Å². The molecule has 5 rings (SSSR count). The number of nitrogens with one attached hydrogen (secondary N) is 1. The lowest BCUT2D eigenvalue weighted by Crippen LogP contribution is -2.33. The molecule has 8 nitrogen and oxygen atoms in total. The van der Waals surface area contributed by atoms with Crippen LogP contribution >= 0.6 is 0 Å². The van der Waals surface area contributed by atoms with E-state index in [1.165, 1.54) is 3.97 Å². The molecule has 2 aromatic carbocycles. The average Bonchev–Trinajstić information content (AvgIpc) is 3.37. The second-order valence-corrected chi connectivity index (χ2v) is 11.5. The number of carbonyl (C=O) groups excluding carboxylic acids is 1. The van der Waals surface area contributed by atoms with E-state index in [0.29, 0.717) is 22.3 Å². The highest BCUT2D eigenvalue weighted by atomic mass is 32.2. The quantitative estimate of drug-likeness (QED) is 0.303. The number of hydrogen-bond donors (Lipinski definition) is 1. The number of fused-ring (bicyclic) bond motifs is 1. The number of hydrogen-bond acceptors (Lipinski definition) is 6. The van der Waals surface area contributed by atoms with Crippen molar-refractivity contribution in [1.29, 1.82) is 5.26 Å². The third-order valence-corrected chi connectivity index (χ3v) is 7.94. The van der Waals surface area contributed by atoms with E-state index >= 15 is 0 Å². The van der Waals surface area contributed by atoms with E-state index < -0.39 is 15.4 Å². The van der Waals surface area contributed by atoms with Crippen molar-refractivity contribution in [3.05, 3.63) is 103 Å². The number of amides is 1. The molecule has 194 valence electrons. The largest absolute Gasteiger partial charge is 0.349 e. The van der Waals surface area contributed by atoms with Crippen LogP contribution in [0.15, 0.2) is 102 Å². The van der Waals surface area contributed by atoms with Gasteiger partial charge >= 0.3 is 0 Å². The van der Waals surface area contributed by atoms with Crippen LogP contribution in [-0.2, 0) is 10.0 Å². The number of nitriles is 1. The maximum absolute atomic E-state index is 13.8. The van der Waals surface area contributed by atoms with E-state index in [1.807, 2.05) is 36.4 Å². The molecule has 0 aliphatic rings. The number of pyridine rings is 2. The standard InChI is InChI=1S/C30H25N5O3S/c1-30(2,19-31)20-33-29(36)26-15-9-14-25(34-26)23-16-22-17-27(21-10-5-3-6-11-21)35(28(22)32-18-23)39(37,38)24-12-7-4-8-13-24/h3-18H,20H2,1-2H3,(H,33,36). The Hall–Kier alpha value is -4.81. The molecule has 0 atom stereocenters. The van der Waals surface area contributed by atoms with E-state index in [0.717, 1.165) is 5.56 Å². The first kappa shape index (κ1) is 25.8. The normalized spacial score (nSPS) is 11.7. The summed E-state index contributed by atoms with van der Waals surface area (Å²) in [6, 6.07) is 28.4. The van der Waals surface area contributed by atoms with Gasteiger partial charge in [-0.1, -0.05) is 54.6 Å². The Morgan fingerprint density at radius 1 is 0.949 bits per heavy atom. The van der Waals surface area contributed by atoms with Gasteiger partial charge in [0.25, 0.3) is 15.9 Å². The Labute approximate surface area is 226 Å². The zero-order valence-corrected chi connectivity index (χ0v) is 22.2. The summed E-state index contributed by atoms with van der Waals surface area (Å²) in [6.45, 7) is 3.67. The van der Waals surface area contributed by atoms with Gasteiger partial charge in [0.2, 0.25) is 0 Å². The first-order valence-electron chi connectivity index (χ1n) is 12.2. The average molecular weight is 536 g/mol. The second-order valence-electron chi connectivity index (χ2n) is 9.70. The Morgan fingerprint density at radius 2 is 1.64 bits per heavy atom. The van der Waals surface area contributed by atoms with E-state index in [9.17, 15) is 18.5 Å². The summed E-state index contributed by atoms with van der Waals surface area (Å²) in [5, 5.41) is 12.6. The molecule has 0 fully saturated rings. The molecule has 0 radical (unpaired) electrons. The number of aromatic nitrogens is 3. The lowest BCUT2D eigenvalue weighted by atomic mass is 9.96. The van der Waals surface area contributed by atoms with Gasteiger partial charge in [-0.3, -0.25) is 4.79 Å². The van der Waals surface area contributed by atoms with Gasteiger partial charge in [0.1, 0.15) is 5.69 Å². The van der Waals surface area contributed by atoms with Crippen LogP contribution in [0.3, 0.4) is 0 Å². The molecule has 1 N–H and O–H groups in total. The van der Waals surface area contributed by atoms with Crippen LogP contribution in [0.2, 0.25) is 0 Å². The van der Waals surface area contributed by atoms with Crippen LogP contribution in [0, 0.1) is 16.7 Å². The minimum absolute atomic E-state index is 0.158. The summed E-state index contributed by atoms with van der Waals surface area (Å²) >= 11 is 0. The highest BCUT2D eigenvalue weighted by Crippen LogP contribution is 2.33. The van der Waals surface area contributed by atoms with E-state index in [-0.39, 0.29) is 28.7 Å². The molecular formula is C30H25N5O3S. The molecule has 5 aromatic rings. The SMILES string of the molecule is CC(C)(C#N)CNC(=O)c1cccc(-c2cnc3c(c2)cc(-c2ccccc2)n3S(=O)(=O)c2ccccc2)n1. The first-order chi connectivity index (χ1) is 18.7. The number of rotatable bonds is 7. The van der Waals surface area contributed by atoms with Crippen LogP contribution in [0.25, 0.3) is 33.5 Å². The molecule has 0 aliphatic heterocycles. The summed E-state index contributed by atoms with van der Waals surface area (Å²) in [6.07, 6.45) is 1.55. The summed E-state index contributed by atoms with van der Waals surface area (Å²) in [5.74, 6) is -0.388. The molecule has 3 aromatic heterocycles. The number of benzene rings is 2. The molecule has 0 aliphatic carbocycles.